The van der Waals surface area contributed by atoms with E-state index in [2.05, 4.69) is 57.1 Å². The maximum absolute atomic E-state index is 5.70. The van der Waals surface area contributed by atoms with Crippen LogP contribution in [-0.2, 0) is 11.3 Å². The van der Waals surface area contributed by atoms with Gasteiger partial charge in [-0.3, -0.25) is 0 Å². The van der Waals surface area contributed by atoms with E-state index in [1.165, 1.54) is 36.1 Å². The molecular formula is C21H33NO. The van der Waals surface area contributed by atoms with Crippen molar-refractivity contribution >= 4 is 0 Å². The second-order valence-electron chi connectivity index (χ2n) is 6.55. The van der Waals surface area contributed by atoms with Crippen molar-refractivity contribution in [2.75, 3.05) is 27.2 Å². The molecule has 1 aromatic rings. The first-order valence-corrected chi connectivity index (χ1v) is 8.65. The van der Waals surface area contributed by atoms with Gasteiger partial charge in [0.15, 0.2) is 0 Å². The van der Waals surface area contributed by atoms with Crippen LogP contribution < -0.4 is 0 Å². The lowest BCUT2D eigenvalue weighted by molar-refractivity contribution is 0.148. The number of hydrogen-bond acceptors (Lipinski definition) is 2. The highest BCUT2D eigenvalue weighted by Gasteiger charge is 1.95. The molecular weight excluding hydrogens is 282 g/mol. The molecule has 0 radical (unpaired) electrons. The Balaban J connectivity index is 2.13. The number of ether oxygens (including phenoxy) is 1. The lowest BCUT2D eigenvalue weighted by atomic mass is 10.1. The summed E-state index contributed by atoms with van der Waals surface area (Å²) < 4.78 is 5.70. The van der Waals surface area contributed by atoms with Gasteiger partial charge in [0.05, 0.1) is 13.2 Å². The molecule has 1 rings (SSSR count). The minimum Gasteiger partial charge on any atom is -0.373 e. The van der Waals surface area contributed by atoms with Crippen LogP contribution in [0.5, 0.6) is 0 Å². The molecule has 0 aliphatic carbocycles. The molecule has 2 heteroatoms. The molecule has 0 saturated heterocycles. The second kappa shape index (κ2) is 12.1. The zero-order chi connectivity index (χ0) is 16.9. The zero-order valence-corrected chi connectivity index (χ0v) is 15.3. The molecule has 0 fully saturated rings. The molecule has 0 atom stereocenters. The van der Waals surface area contributed by atoms with Gasteiger partial charge in [0.2, 0.25) is 0 Å². The van der Waals surface area contributed by atoms with Crippen molar-refractivity contribution < 1.29 is 4.74 Å². The molecule has 23 heavy (non-hydrogen) atoms. The highest BCUT2D eigenvalue weighted by molar-refractivity contribution is 5.13. The van der Waals surface area contributed by atoms with Gasteiger partial charge in [-0.25, -0.2) is 0 Å². The van der Waals surface area contributed by atoms with Gasteiger partial charge >= 0.3 is 0 Å². The first kappa shape index (κ1) is 19.7. The fourth-order valence-electron chi connectivity index (χ4n) is 2.38. The molecule has 0 amide bonds. The Hall–Kier alpha value is -1.38. The van der Waals surface area contributed by atoms with Crippen LogP contribution >= 0.6 is 0 Å². The van der Waals surface area contributed by atoms with Gasteiger partial charge in [0, 0.05) is 0 Å². The van der Waals surface area contributed by atoms with Crippen molar-refractivity contribution in [3.8, 4) is 0 Å². The Morgan fingerprint density at radius 1 is 1.00 bits per heavy atom. The minimum atomic E-state index is 0.690. The molecule has 0 N–H and O–H groups in total. The number of allylic oxidation sites excluding steroid dienone is 3. The van der Waals surface area contributed by atoms with Gasteiger partial charge in [-0.05, 0) is 65.7 Å². The predicted molar refractivity (Wildman–Crippen MR) is 101 cm³/mol. The van der Waals surface area contributed by atoms with Crippen molar-refractivity contribution in [3.05, 3.63) is 59.2 Å². The molecule has 2 nitrogen and oxygen atoms in total. The molecule has 0 aliphatic heterocycles. The standard InChI is InChI=1S/C21H33NO/c1-19(12-9-16-22(3)4)10-8-11-20(2)15-17-23-18-21-13-6-5-7-14-21/h5-7,10,13-15H,8-9,11-12,16-18H2,1-4H3/b19-10+,20-15+. The average Bonchev–Trinajstić information content (AvgIpc) is 2.52. The molecule has 0 aliphatic rings. The van der Waals surface area contributed by atoms with E-state index >= 15 is 0 Å². The van der Waals surface area contributed by atoms with Gasteiger partial charge in [-0.2, -0.15) is 0 Å². The van der Waals surface area contributed by atoms with E-state index in [-0.39, 0.29) is 0 Å². The van der Waals surface area contributed by atoms with Gasteiger partial charge in [0.1, 0.15) is 0 Å². The van der Waals surface area contributed by atoms with Crippen LogP contribution in [0.15, 0.2) is 53.6 Å². The fourth-order valence-corrected chi connectivity index (χ4v) is 2.38. The van der Waals surface area contributed by atoms with Crippen molar-refractivity contribution in [2.24, 2.45) is 0 Å². The lowest BCUT2D eigenvalue weighted by Gasteiger charge is -2.09. The minimum absolute atomic E-state index is 0.690. The van der Waals surface area contributed by atoms with Crippen molar-refractivity contribution in [2.45, 2.75) is 46.1 Å². The highest BCUT2D eigenvalue weighted by atomic mass is 16.5. The summed E-state index contributed by atoms with van der Waals surface area (Å²) in [5.74, 6) is 0. The van der Waals surface area contributed by atoms with Gasteiger partial charge < -0.3 is 9.64 Å². The maximum atomic E-state index is 5.70. The van der Waals surface area contributed by atoms with E-state index < -0.39 is 0 Å². The number of benzene rings is 1. The van der Waals surface area contributed by atoms with E-state index in [1.54, 1.807) is 0 Å². The Bertz CT molecular complexity index is 474. The largest absolute Gasteiger partial charge is 0.373 e. The topological polar surface area (TPSA) is 12.5 Å². The SMILES string of the molecule is C/C(=C\COCc1ccccc1)CC/C=C(\C)CCCN(C)C. The van der Waals surface area contributed by atoms with Crippen LogP contribution in [0.1, 0.15) is 45.1 Å². The molecule has 0 aromatic heterocycles. The Kier molecular flexibility index (Phi) is 10.3. The molecule has 0 unspecified atom stereocenters. The van der Waals surface area contributed by atoms with Crippen LogP contribution in [0.2, 0.25) is 0 Å². The fraction of sp³-hybridized carbons (Fsp3) is 0.524. The normalized spacial score (nSPS) is 12.9. The van der Waals surface area contributed by atoms with Gasteiger partial charge in [-0.1, -0.05) is 53.6 Å². The Morgan fingerprint density at radius 2 is 1.70 bits per heavy atom. The van der Waals surface area contributed by atoms with E-state index in [9.17, 15) is 0 Å². The average molecular weight is 316 g/mol. The molecule has 0 spiro atoms. The quantitative estimate of drug-likeness (QED) is 0.410. The molecule has 1 aromatic carbocycles. The first-order chi connectivity index (χ1) is 11.1. The Morgan fingerprint density at radius 3 is 2.39 bits per heavy atom. The summed E-state index contributed by atoms with van der Waals surface area (Å²) in [5, 5.41) is 0. The second-order valence-corrected chi connectivity index (χ2v) is 6.55. The smallest absolute Gasteiger partial charge is 0.0721 e. The van der Waals surface area contributed by atoms with Gasteiger partial charge in [-0.15, -0.1) is 0 Å². The lowest BCUT2D eigenvalue weighted by Crippen LogP contribution is -2.12. The number of rotatable bonds is 11. The summed E-state index contributed by atoms with van der Waals surface area (Å²) in [7, 11) is 4.26. The van der Waals surface area contributed by atoms with Crippen LogP contribution in [0.25, 0.3) is 0 Å². The predicted octanol–water partition coefficient (Wildman–Crippen LogP) is 5.22. The molecule has 128 valence electrons. The summed E-state index contributed by atoms with van der Waals surface area (Å²) in [4.78, 5) is 2.25. The summed E-state index contributed by atoms with van der Waals surface area (Å²) in [5.41, 5.74) is 4.16. The number of hydrogen-bond donors (Lipinski definition) is 0. The monoisotopic (exact) mass is 315 g/mol. The van der Waals surface area contributed by atoms with Gasteiger partial charge in [0.25, 0.3) is 0 Å². The third-order valence-electron chi connectivity index (χ3n) is 3.87. The first-order valence-electron chi connectivity index (χ1n) is 8.65. The van der Waals surface area contributed by atoms with Crippen molar-refractivity contribution in [3.63, 3.8) is 0 Å². The van der Waals surface area contributed by atoms with E-state index in [0.29, 0.717) is 13.2 Å². The summed E-state index contributed by atoms with van der Waals surface area (Å²) >= 11 is 0. The third-order valence-corrected chi connectivity index (χ3v) is 3.87. The van der Waals surface area contributed by atoms with E-state index in [0.717, 1.165) is 12.8 Å². The molecule has 0 bridgehead atoms. The number of nitrogens with zero attached hydrogens (tertiary/aromatic N) is 1. The van der Waals surface area contributed by atoms with Crippen LogP contribution in [-0.4, -0.2) is 32.1 Å². The van der Waals surface area contributed by atoms with Crippen molar-refractivity contribution in [1.29, 1.82) is 0 Å². The summed E-state index contributed by atoms with van der Waals surface area (Å²) in [6.07, 6.45) is 9.31. The molecule has 0 heterocycles. The summed E-state index contributed by atoms with van der Waals surface area (Å²) in [6.45, 7) is 7.00. The van der Waals surface area contributed by atoms with E-state index in [1.807, 2.05) is 18.2 Å². The molecule has 0 saturated carbocycles. The van der Waals surface area contributed by atoms with E-state index in [4.69, 9.17) is 4.74 Å². The summed E-state index contributed by atoms with van der Waals surface area (Å²) in [6, 6.07) is 10.3. The Labute approximate surface area is 142 Å². The van der Waals surface area contributed by atoms with Crippen LogP contribution in [0.4, 0.5) is 0 Å². The van der Waals surface area contributed by atoms with Crippen molar-refractivity contribution in [1.82, 2.24) is 4.90 Å². The van der Waals surface area contributed by atoms with Crippen LogP contribution in [0.3, 0.4) is 0 Å². The third kappa shape index (κ3) is 10.9. The maximum Gasteiger partial charge on any atom is 0.0721 e. The zero-order valence-electron chi connectivity index (χ0n) is 15.3. The highest BCUT2D eigenvalue weighted by Crippen LogP contribution is 2.10. The van der Waals surface area contributed by atoms with Crippen LogP contribution in [0, 0.1) is 0 Å².